The first-order valence-electron chi connectivity index (χ1n) is 6.43. The minimum atomic E-state index is -0.188. The molecular weight excluding hydrogens is 360 g/mol. The minimum Gasteiger partial charge on any atom is -0.490 e. The molecule has 1 aromatic heterocycles. The quantitative estimate of drug-likeness (QED) is 0.609. The van der Waals surface area contributed by atoms with Crippen LogP contribution in [0.15, 0.2) is 33.4 Å². The summed E-state index contributed by atoms with van der Waals surface area (Å²) in [5.74, 6) is 1.50. The van der Waals surface area contributed by atoms with Gasteiger partial charge in [0.2, 0.25) is 0 Å². The maximum absolute atomic E-state index is 6.54. The van der Waals surface area contributed by atoms with Crippen LogP contribution in [0.4, 0.5) is 0 Å². The Bertz CT molecular complexity index is 571. The molecule has 0 fully saturated rings. The van der Waals surface area contributed by atoms with E-state index in [1.165, 1.54) is 0 Å². The highest BCUT2D eigenvalue weighted by atomic mass is 79.9. The van der Waals surface area contributed by atoms with Gasteiger partial charge in [-0.1, -0.05) is 6.07 Å². The van der Waals surface area contributed by atoms with Crippen molar-refractivity contribution in [2.24, 2.45) is 0 Å². The molecule has 1 aromatic carbocycles. The van der Waals surface area contributed by atoms with Gasteiger partial charge in [0, 0.05) is 0 Å². The van der Waals surface area contributed by atoms with E-state index in [1.807, 2.05) is 38.1 Å². The lowest BCUT2D eigenvalue weighted by Gasteiger charge is -2.14. The molecule has 108 valence electrons. The summed E-state index contributed by atoms with van der Waals surface area (Å²) in [7, 11) is 0. The molecule has 0 N–H and O–H groups in total. The number of hydrogen-bond donors (Lipinski definition) is 0. The summed E-state index contributed by atoms with van der Waals surface area (Å²) in [6, 6.07) is 7.90. The molecule has 2 rings (SSSR count). The summed E-state index contributed by atoms with van der Waals surface area (Å²) in [5.41, 5.74) is 2.08. The molecule has 5 heteroatoms. The van der Waals surface area contributed by atoms with E-state index in [0.717, 1.165) is 26.4 Å². The van der Waals surface area contributed by atoms with Gasteiger partial charge in [0.1, 0.15) is 0 Å². The van der Waals surface area contributed by atoms with Crippen LogP contribution in [0.25, 0.3) is 0 Å². The Kier molecular flexibility index (Phi) is 5.75. The first-order valence-corrected chi connectivity index (χ1v) is 8.54. The maximum Gasteiger partial charge on any atom is 0.161 e. The van der Waals surface area contributed by atoms with Crippen molar-refractivity contribution in [2.45, 2.75) is 19.2 Å². The average Bonchev–Trinajstić information content (AvgIpc) is 2.87. The van der Waals surface area contributed by atoms with Crippen molar-refractivity contribution in [2.75, 3.05) is 13.2 Å². The van der Waals surface area contributed by atoms with Gasteiger partial charge < -0.3 is 9.47 Å². The van der Waals surface area contributed by atoms with Crippen LogP contribution in [0.5, 0.6) is 11.5 Å². The number of hydrogen-bond acceptors (Lipinski definition) is 3. The Hall–Kier alpha value is -0.710. The van der Waals surface area contributed by atoms with Gasteiger partial charge in [-0.25, -0.2) is 0 Å². The summed E-state index contributed by atoms with van der Waals surface area (Å²) in [4.78, 5) is 0. The molecule has 2 aromatic rings. The zero-order valence-corrected chi connectivity index (χ0v) is 14.5. The Labute approximate surface area is 136 Å². The van der Waals surface area contributed by atoms with E-state index in [1.54, 1.807) is 11.3 Å². The predicted octanol–water partition coefficient (Wildman–Crippen LogP) is 5.64. The standard InChI is InChI=1S/C15H16BrClO2S/c1-3-18-12-6-5-10(7-13(12)19-4-2)15(17)11-8-14(16)20-9-11/h5-9,15H,3-4H2,1-2H3. The molecule has 0 aliphatic heterocycles. The largest absolute Gasteiger partial charge is 0.490 e. The zero-order chi connectivity index (χ0) is 14.5. The molecule has 1 heterocycles. The van der Waals surface area contributed by atoms with E-state index in [9.17, 15) is 0 Å². The molecule has 0 amide bonds. The zero-order valence-electron chi connectivity index (χ0n) is 11.4. The van der Waals surface area contributed by atoms with Gasteiger partial charge in [-0.05, 0) is 64.5 Å². The van der Waals surface area contributed by atoms with Crippen molar-refractivity contribution < 1.29 is 9.47 Å². The molecule has 0 saturated carbocycles. The van der Waals surface area contributed by atoms with Crippen LogP contribution in [-0.2, 0) is 0 Å². The molecule has 20 heavy (non-hydrogen) atoms. The van der Waals surface area contributed by atoms with Crippen molar-refractivity contribution in [1.29, 1.82) is 0 Å². The van der Waals surface area contributed by atoms with Crippen LogP contribution < -0.4 is 9.47 Å². The Morgan fingerprint density at radius 2 is 1.80 bits per heavy atom. The van der Waals surface area contributed by atoms with Crippen molar-refractivity contribution in [3.8, 4) is 11.5 Å². The van der Waals surface area contributed by atoms with E-state index in [4.69, 9.17) is 21.1 Å². The van der Waals surface area contributed by atoms with Gasteiger partial charge in [0.05, 0.1) is 22.4 Å². The van der Waals surface area contributed by atoms with Crippen molar-refractivity contribution in [3.05, 3.63) is 44.6 Å². The van der Waals surface area contributed by atoms with E-state index in [2.05, 4.69) is 21.3 Å². The fourth-order valence-electron chi connectivity index (χ4n) is 1.87. The topological polar surface area (TPSA) is 18.5 Å². The summed E-state index contributed by atoms with van der Waals surface area (Å²) < 4.78 is 12.3. The highest BCUT2D eigenvalue weighted by Crippen LogP contribution is 2.37. The first-order chi connectivity index (χ1) is 9.65. The number of halogens is 2. The van der Waals surface area contributed by atoms with Crippen LogP contribution in [0.3, 0.4) is 0 Å². The Morgan fingerprint density at radius 3 is 2.40 bits per heavy atom. The van der Waals surface area contributed by atoms with Gasteiger partial charge >= 0.3 is 0 Å². The lowest BCUT2D eigenvalue weighted by atomic mass is 10.1. The number of alkyl halides is 1. The Morgan fingerprint density at radius 1 is 1.10 bits per heavy atom. The summed E-state index contributed by atoms with van der Waals surface area (Å²) in [6.07, 6.45) is 0. The maximum atomic E-state index is 6.54. The lowest BCUT2D eigenvalue weighted by molar-refractivity contribution is 0.287. The molecule has 1 unspecified atom stereocenters. The molecule has 0 bridgehead atoms. The van der Waals surface area contributed by atoms with Gasteiger partial charge in [-0.3, -0.25) is 0 Å². The van der Waals surface area contributed by atoms with Crippen molar-refractivity contribution in [3.63, 3.8) is 0 Å². The molecule has 0 saturated heterocycles. The number of thiophene rings is 1. The molecule has 0 aliphatic carbocycles. The summed E-state index contributed by atoms with van der Waals surface area (Å²) >= 11 is 11.6. The monoisotopic (exact) mass is 374 g/mol. The van der Waals surface area contributed by atoms with Crippen LogP contribution in [0, 0.1) is 0 Å². The second kappa shape index (κ2) is 7.34. The predicted molar refractivity (Wildman–Crippen MR) is 88.5 cm³/mol. The highest BCUT2D eigenvalue weighted by Gasteiger charge is 2.15. The van der Waals surface area contributed by atoms with Crippen LogP contribution in [0.1, 0.15) is 30.4 Å². The van der Waals surface area contributed by atoms with Crippen molar-refractivity contribution >= 4 is 38.9 Å². The first kappa shape index (κ1) is 15.7. The fraction of sp³-hybridized carbons (Fsp3) is 0.333. The molecule has 1 atom stereocenters. The molecule has 2 nitrogen and oxygen atoms in total. The summed E-state index contributed by atoms with van der Waals surface area (Å²) in [5, 5.41) is 1.87. The molecule has 0 spiro atoms. The summed E-state index contributed by atoms with van der Waals surface area (Å²) in [6.45, 7) is 5.12. The number of rotatable bonds is 6. The lowest BCUT2D eigenvalue weighted by Crippen LogP contribution is -2.00. The molecule has 0 aliphatic rings. The highest BCUT2D eigenvalue weighted by molar-refractivity contribution is 9.11. The van der Waals surface area contributed by atoms with Crippen LogP contribution in [-0.4, -0.2) is 13.2 Å². The van der Waals surface area contributed by atoms with Gasteiger partial charge in [0.25, 0.3) is 0 Å². The number of benzene rings is 1. The average molecular weight is 376 g/mol. The minimum absolute atomic E-state index is 0.188. The fourth-order valence-corrected chi connectivity index (χ4v) is 3.41. The normalized spacial score (nSPS) is 12.2. The van der Waals surface area contributed by atoms with E-state index in [-0.39, 0.29) is 5.38 Å². The van der Waals surface area contributed by atoms with E-state index < -0.39 is 0 Å². The SMILES string of the molecule is CCOc1ccc(C(Cl)c2csc(Br)c2)cc1OCC. The molecular formula is C15H16BrClO2S. The third-order valence-electron chi connectivity index (χ3n) is 2.74. The van der Waals surface area contributed by atoms with Crippen molar-refractivity contribution in [1.82, 2.24) is 0 Å². The van der Waals surface area contributed by atoms with Gasteiger partial charge in [-0.2, -0.15) is 0 Å². The Balaban J connectivity index is 2.29. The van der Waals surface area contributed by atoms with E-state index in [0.29, 0.717) is 13.2 Å². The van der Waals surface area contributed by atoms with Gasteiger partial charge in [-0.15, -0.1) is 22.9 Å². The smallest absolute Gasteiger partial charge is 0.161 e. The number of ether oxygens (including phenoxy) is 2. The van der Waals surface area contributed by atoms with E-state index >= 15 is 0 Å². The molecule has 0 radical (unpaired) electrons. The second-order valence-corrected chi connectivity index (χ2v) is 6.85. The van der Waals surface area contributed by atoms with Crippen LogP contribution >= 0.6 is 38.9 Å². The third-order valence-corrected chi connectivity index (χ3v) is 4.77. The second-order valence-electron chi connectivity index (χ2n) is 4.12. The third kappa shape index (κ3) is 3.68. The van der Waals surface area contributed by atoms with Crippen LogP contribution in [0.2, 0.25) is 0 Å². The van der Waals surface area contributed by atoms with Gasteiger partial charge in [0.15, 0.2) is 11.5 Å².